The number of benzene rings is 2. The van der Waals surface area contributed by atoms with Gasteiger partial charge < -0.3 is 15.1 Å². The van der Waals surface area contributed by atoms with Gasteiger partial charge in [0.25, 0.3) is 0 Å². The molecule has 0 spiro atoms. The Balaban J connectivity index is 0.000000387. The Bertz CT molecular complexity index is 809. The summed E-state index contributed by atoms with van der Waals surface area (Å²) in [7, 11) is 3.92. The molecule has 0 atom stereocenters. The van der Waals surface area contributed by atoms with E-state index in [1.807, 2.05) is 25.1 Å². The van der Waals surface area contributed by atoms with Crippen LogP contribution in [-0.4, -0.2) is 41.1 Å². The number of aliphatic carboxylic acids is 2. The number of halogens is 2. The zero-order valence-electron chi connectivity index (χ0n) is 14.7. The Labute approximate surface area is 159 Å². The second-order valence-corrected chi connectivity index (χ2v) is 6.67. The van der Waals surface area contributed by atoms with Crippen molar-refractivity contribution in [2.45, 2.75) is 16.3 Å². The smallest absolute Gasteiger partial charge is 0.328 e. The first-order chi connectivity index (χ1) is 12.7. The number of carbonyl (C=O) groups is 2. The van der Waals surface area contributed by atoms with E-state index in [1.165, 1.54) is 36.0 Å². The van der Waals surface area contributed by atoms with Crippen LogP contribution >= 0.6 is 11.8 Å². The van der Waals surface area contributed by atoms with Crippen LogP contribution in [0.5, 0.6) is 0 Å². The van der Waals surface area contributed by atoms with Gasteiger partial charge in [-0.05, 0) is 50.0 Å². The molecule has 5 nitrogen and oxygen atoms in total. The van der Waals surface area contributed by atoms with Crippen LogP contribution in [0.4, 0.5) is 8.78 Å². The van der Waals surface area contributed by atoms with Gasteiger partial charge in [0.15, 0.2) is 0 Å². The fourth-order valence-electron chi connectivity index (χ4n) is 1.89. The van der Waals surface area contributed by atoms with Crippen LogP contribution in [0, 0.1) is 11.6 Å². The lowest BCUT2D eigenvalue weighted by atomic mass is 10.2. The van der Waals surface area contributed by atoms with E-state index in [2.05, 4.69) is 0 Å². The van der Waals surface area contributed by atoms with E-state index < -0.39 is 11.9 Å². The second-order valence-electron chi connectivity index (χ2n) is 5.56. The van der Waals surface area contributed by atoms with E-state index in [0.29, 0.717) is 12.2 Å². The molecule has 0 fully saturated rings. The van der Waals surface area contributed by atoms with Crippen molar-refractivity contribution in [1.29, 1.82) is 0 Å². The van der Waals surface area contributed by atoms with Gasteiger partial charge in [0, 0.05) is 28.5 Å². The predicted octanol–water partition coefficient (Wildman–Crippen LogP) is 3.89. The molecule has 2 aromatic carbocycles. The monoisotopic (exact) mass is 395 g/mol. The van der Waals surface area contributed by atoms with Crippen molar-refractivity contribution in [3.8, 4) is 0 Å². The Hall–Kier alpha value is -2.71. The van der Waals surface area contributed by atoms with Gasteiger partial charge in [0.2, 0.25) is 0 Å². The summed E-state index contributed by atoms with van der Waals surface area (Å²) in [6, 6.07) is 11.0. The molecule has 144 valence electrons. The Morgan fingerprint density at radius 3 is 2.11 bits per heavy atom. The van der Waals surface area contributed by atoms with Gasteiger partial charge in [-0.3, -0.25) is 0 Å². The summed E-state index contributed by atoms with van der Waals surface area (Å²) in [6.07, 6.45) is 1.12. The minimum atomic E-state index is -1.26. The summed E-state index contributed by atoms with van der Waals surface area (Å²) < 4.78 is 26.5. The third-order valence-electron chi connectivity index (χ3n) is 2.91. The van der Waals surface area contributed by atoms with Crippen LogP contribution in [0.15, 0.2) is 64.4 Å². The van der Waals surface area contributed by atoms with Gasteiger partial charge >= 0.3 is 11.9 Å². The first-order valence-electron chi connectivity index (χ1n) is 7.68. The molecule has 0 aliphatic carbocycles. The summed E-state index contributed by atoms with van der Waals surface area (Å²) in [6.45, 7) is 0.720. The van der Waals surface area contributed by atoms with Crippen LogP contribution in [0.1, 0.15) is 5.56 Å². The molecule has 0 unspecified atom stereocenters. The van der Waals surface area contributed by atoms with Crippen LogP contribution < -0.4 is 0 Å². The topological polar surface area (TPSA) is 77.8 Å². The van der Waals surface area contributed by atoms with Gasteiger partial charge in [-0.2, -0.15) is 0 Å². The molecule has 2 N–H and O–H groups in total. The highest BCUT2D eigenvalue weighted by Crippen LogP contribution is 2.31. The Morgan fingerprint density at radius 1 is 1.00 bits per heavy atom. The van der Waals surface area contributed by atoms with E-state index in [9.17, 15) is 18.4 Å². The van der Waals surface area contributed by atoms with E-state index in [0.717, 1.165) is 21.9 Å². The van der Waals surface area contributed by atoms with E-state index in [-0.39, 0.29) is 11.6 Å². The zero-order chi connectivity index (χ0) is 20.4. The standard InChI is InChI=1S/C15H15F2NS.C4H4O4/c1-18(2)10-11-6-7-13(17)9-15(11)19-14-5-3-4-12(16)8-14;5-3(6)1-2-4(7)8/h3-9H,10H2,1-2H3;1-2H,(H,5,6)(H,7,8). The van der Waals surface area contributed by atoms with Crippen molar-refractivity contribution >= 4 is 23.7 Å². The molecule has 0 saturated heterocycles. The largest absolute Gasteiger partial charge is 0.478 e. The Morgan fingerprint density at radius 2 is 1.59 bits per heavy atom. The number of hydrogen-bond acceptors (Lipinski definition) is 4. The van der Waals surface area contributed by atoms with Crippen molar-refractivity contribution in [3.05, 3.63) is 71.8 Å². The molecule has 27 heavy (non-hydrogen) atoms. The minimum Gasteiger partial charge on any atom is -0.478 e. The average molecular weight is 395 g/mol. The normalized spacial score (nSPS) is 10.6. The van der Waals surface area contributed by atoms with Gasteiger partial charge in [-0.25, -0.2) is 18.4 Å². The molecule has 0 bridgehead atoms. The highest BCUT2D eigenvalue weighted by Gasteiger charge is 2.08. The molecule has 8 heteroatoms. The maximum atomic E-state index is 13.4. The first-order valence-corrected chi connectivity index (χ1v) is 8.49. The number of nitrogens with zero attached hydrogens (tertiary/aromatic N) is 1. The lowest BCUT2D eigenvalue weighted by molar-refractivity contribution is -0.134. The molecular weight excluding hydrogens is 376 g/mol. The third kappa shape index (κ3) is 9.53. The zero-order valence-corrected chi connectivity index (χ0v) is 15.5. The van der Waals surface area contributed by atoms with Gasteiger partial charge in [0.1, 0.15) is 11.6 Å². The molecule has 0 aliphatic rings. The summed E-state index contributed by atoms with van der Waals surface area (Å²) in [5.74, 6) is -3.07. The quantitative estimate of drug-likeness (QED) is 0.723. The molecular formula is C19H19F2NO4S. The average Bonchev–Trinajstić information content (AvgIpc) is 2.56. The highest BCUT2D eigenvalue weighted by molar-refractivity contribution is 7.99. The molecule has 0 aliphatic heterocycles. The van der Waals surface area contributed by atoms with Crippen LogP contribution in [0.2, 0.25) is 0 Å². The van der Waals surface area contributed by atoms with Crippen LogP contribution in [-0.2, 0) is 16.1 Å². The molecule has 0 heterocycles. The molecule has 2 aromatic rings. The van der Waals surface area contributed by atoms with E-state index in [1.54, 1.807) is 12.1 Å². The predicted molar refractivity (Wildman–Crippen MR) is 98.7 cm³/mol. The van der Waals surface area contributed by atoms with Gasteiger partial charge in [0.05, 0.1) is 0 Å². The van der Waals surface area contributed by atoms with Crippen molar-refractivity contribution in [3.63, 3.8) is 0 Å². The van der Waals surface area contributed by atoms with Crippen molar-refractivity contribution < 1.29 is 28.6 Å². The summed E-state index contributed by atoms with van der Waals surface area (Å²) in [4.78, 5) is 22.7. The number of carboxylic acid groups (broad SMARTS) is 2. The van der Waals surface area contributed by atoms with Crippen molar-refractivity contribution in [1.82, 2.24) is 4.90 Å². The fraction of sp³-hybridized carbons (Fsp3) is 0.158. The summed E-state index contributed by atoms with van der Waals surface area (Å²) in [5.41, 5.74) is 1.03. The van der Waals surface area contributed by atoms with E-state index in [4.69, 9.17) is 10.2 Å². The maximum absolute atomic E-state index is 13.4. The van der Waals surface area contributed by atoms with Crippen molar-refractivity contribution in [2.75, 3.05) is 14.1 Å². The van der Waals surface area contributed by atoms with Crippen LogP contribution in [0.3, 0.4) is 0 Å². The number of hydrogen-bond donors (Lipinski definition) is 2. The third-order valence-corrected chi connectivity index (χ3v) is 4.00. The van der Waals surface area contributed by atoms with E-state index >= 15 is 0 Å². The molecule has 0 saturated carbocycles. The molecule has 2 rings (SSSR count). The molecule has 0 radical (unpaired) electrons. The summed E-state index contributed by atoms with van der Waals surface area (Å²) >= 11 is 1.38. The second kappa shape index (κ2) is 11.1. The van der Waals surface area contributed by atoms with Crippen molar-refractivity contribution in [2.24, 2.45) is 0 Å². The van der Waals surface area contributed by atoms with Gasteiger partial charge in [-0.15, -0.1) is 0 Å². The highest BCUT2D eigenvalue weighted by atomic mass is 32.2. The van der Waals surface area contributed by atoms with Crippen LogP contribution in [0.25, 0.3) is 0 Å². The molecule has 0 amide bonds. The lowest BCUT2D eigenvalue weighted by Gasteiger charge is -2.14. The SMILES string of the molecule is CN(C)Cc1ccc(F)cc1Sc1cccc(F)c1.O=C(O)C=CC(=O)O. The first kappa shape index (κ1) is 22.3. The minimum absolute atomic E-state index is 0.276. The Kier molecular flexibility index (Phi) is 9.18. The maximum Gasteiger partial charge on any atom is 0.328 e. The van der Waals surface area contributed by atoms with Gasteiger partial charge in [-0.1, -0.05) is 23.9 Å². The lowest BCUT2D eigenvalue weighted by Crippen LogP contribution is -2.11. The number of rotatable bonds is 6. The summed E-state index contributed by atoms with van der Waals surface area (Å²) in [5, 5.41) is 15.6. The number of carboxylic acids is 2. The fourth-order valence-corrected chi connectivity index (χ4v) is 2.90. The molecule has 0 aromatic heterocycles.